The van der Waals surface area contributed by atoms with Crippen LogP contribution in [0.1, 0.15) is 74.2 Å². The molecule has 0 bridgehead atoms. The van der Waals surface area contributed by atoms with E-state index in [0.29, 0.717) is 30.8 Å². The number of piperazine rings is 1. The first-order valence-corrected chi connectivity index (χ1v) is 14.3. The third kappa shape index (κ3) is 10.1. The highest BCUT2D eigenvalue weighted by atomic mass is 16.5. The Labute approximate surface area is 228 Å². The van der Waals surface area contributed by atoms with Gasteiger partial charge in [-0.1, -0.05) is 69.4 Å². The number of unbranched alkanes of at least 4 members (excludes halogenated alkanes) is 5. The van der Waals surface area contributed by atoms with Crippen molar-refractivity contribution in [2.75, 3.05) is 56.7 Å². The second-order valence-corrected chi connectivity index (χ2v) is 10.1. The van der Waals surface area contributed by atoms with Crippen LogP contribution in [-0.2, 0) is 16.1 Å². The van der Waals surface area contributed by atoms with Crippen molar-refractivity contribution in [1.29, 1.82) is 0 Å². The van der Waals surface area contributed by atoms with Crippen LogP contribution in [0.5, 0.6) is 0 Å². The van der Waals surface area contributed by atoms with E-state index in [9.17, 15) is 9.59 Å². The molecule has 7 nitrogen and oxygen atoms in total. The van der Waals surface area contributed by atoms with Crippen molar-refractivity contribution in [2.24, 2.45) is 0 Å². The van der Waals surface area contributed by atoms with Crippen LogP contribution < -0.4 is 15.5 Å². The Kier molecular flexibility index (Phi) is 13.1. The van der Waals surface area contributed by atoms with Crippen LogP contribution in [0.3, 0.4) is 0 Å². The molecule has 1 aliphatic heterocycles. The summed E-state index contributed by atoms with van der Waals surface area (Å²) in [4.78, 5) is 30.5. The molecule has 1 heterocycles. The summed E-state index contributed by atoms with van der Waals surface area (Å²) in [5, 5.41) is 6.04. The maximum Gasteiger partial charge on any atom is 0.253 e. The second kappa shape index (κ2) is 16.8. The summed E-state index contributed by atoms with van der Waals surface area (Å²) >= 11 is 0. The minimum atomic E-state index is -0.116. The summed E-state index contributed by atoms with van der Waals surface area (Å²) < 4.78 is 5.11. The summed E-state index contributed by atoms with van der Waals surface area (Å²) in [5.74, 6) is -0.107. The van der Waals surface area contributed by atoms with Gasteiger partial charge in [-0.05, 0) is 36.6 Å². The van der Waals surface area contributed by atoms with Gasteiger partial charge >= 0.3 is 0 Å². The van der Waals surface area contributed by atoms with Gasteiger partial charge in [-0.3, -0.25) is 14.5 Å². The predicted molar refractivity (Wildman–Crippen MR) is 156 cm³/mol. The molecule has 1 saturated heterocycles. The van der Waals surface area contributed by atoms with Crippen LogP contribution in [0.25, 0.3) is 0 Å². The molecule has 0 atom stereocenters. The van der Waals surface area contributed by atoms with Gasteiger partial charge in [-0.25, -0.2) is 0 Å². The van der Waals surface area contributed by atoms with Crippen molar-refractivity contribution in [3.05, 3.63) is 59.7 Å². The SMILES string of the molecule is CCCCCCCCC(=O)Nc1ccc(N2CCN(Cc3ccccc3)CC2)c(C(=O)NCCCOC)c1. The summed E-state index contributed by atoms with van der Waals surface area (Å²) in [6.45, 7) is 7.85. The fourth-order valence-electron chi connectivity index (χ4n) is 4.86. The summed E-state index contributed by atoms with van der Waals surface area (Å²) in [5.41, 5.74) is 3.52. The molecule has 38 heavy (non-hydrogen) atoms. The van der Waals surface area contributed by atoms with E-state index in [-0.39, 0.29) is 11.8 Å². The number of nitrogens with one attached hydrogen (secondary N) is 2. The quantitative estimate of drug-likeness (QED) is 0.286. The van der Waals surface area contributed by atoms with Crippen LogP contribution in [-0.4, -0.2) is 63.2 Å². The number of amides is 2. The normalized spacial score (nSPS) is 13.9. The van der Waals surface area contributed by atoms with Crippen LogP contribution in [0.2, 0.25) is 0 Å². The number of rotatable bonds is 16. The minimum absolute atomic E-state index is 0.00854. The van der Waals surface area contributed by atoms with Gasteiger partial charge in [-0.15, -0.1) is 0 Å². The third-order valence-corrected chi connectivity index (χ3v) is 7.06. The lowest BCUT2D eigenvalue weighted by atomic mass is 10.1. The number of hydrogen-bond donors (Lipinski definition) is 2. The molecule has 2 amide bonds. The van der Waals surface area contributed by atoms with Crippen molar-refractivity contribution < 1.29 is 14.3 Å². The first-order chi connectivity index (χ1) is 18.6. The van der Waals surface area contributed by atoms with E-state index in [0.717, 1.165) is 57.7 Å². The number of carbonyl (C=O) groups excluding carboxylic acids is 2. The van der Waals surface area contributed by atoms with Gasteiger partial charge in [0, 0.05) is 70.8 Å². The fraction of sp³-hybridized carbons (Fsp3) is 0.548. The molecule has 0 saturated carbocycles. The van der Waals surface area contributed by atoms with E-state index in [1.807, 2.05) is 24.3 Å². The van der Waals surface area contributed by atoms with Gasteiger partial charge in [0.1, 0.15) is 0 Å². The van der Waals surface area contributed by atoms with E-state index >= 15 is 0 Å². The highest BCUT2D eigenvalue weighted by molar-refractivity contribution is 6.02. The van der Waals surface area contributed by atoms with Gasteiger partial charge in [-0.2, -0.15) is 0 Å². The standard InChI is InChI=1S/C31H46N4O3/c1-3-4-5-6-7-11-15-30(36)33-27-16-17-29(28(24-27)31(37)32-18-12-23-38-2)35-21-19-34(20-22-35)25-26-13-9-8-10-14-26/h8-10,13-14,16-17,24H,3-7,11-12,15,18-23,25H2,1-2H3,(H,32,37)(H,33,36). The Bertz CT molecular complexity index is 974. The molecule has 0 aliphatic carbocycles. The zero-order valence-electron chi connectivity index (χ0n) is 23.3. The monoisotopic (exact) mass is 522 g/mol. The van der Waals surface area contributed by atoms with E-state index in [4.69, 9.17) is 4.74 Å². The number of benzene rings is 2. The molecule has 0 aromatic heterocycles. The number of methoxy groups -OCH3 is 1. The smallest absolute Gasteiger partial charge is 0.253 e. The zero-order chi connectivity index (χ0) is 27.0. The number of carbonyl (C=O) groups is 2. The largest absolute Gasteiger partial charge is 0.385 e. The van der Waals surface area contributed by atoms with E-state index in [1.165, 1.54) is 31.2 Å². The summed E-state index contributed by atoms with van der Waals surface area (Å²) in [6, 6.07) is 16.3. The Balaban J connectivity index is 1.61. The molecule has 0 unspecified atom stereocenters. The van der Waals surface area contributed by atoms with E-state index in [1.54, 1.807) is 7.11 Å². The Morgan fingerprint density at radius 1 is 0.895 bits per heavy atom. The first-order valence-electron chi connectivity index (χ1n) is 14.3. The molecule has 2 N–H and O–H groups in total. The van der Waals surface area contributed by atoms with Gasteiger partial charge < -0.3 is 20.3 Å². The number of nitrogens with zero attached hydrogens (tertiary/aromatic N) is 2. The zero-order valence-corrected chi connectivity index (χ0v) is 23.3. The summed E-state index contributed by atoms with van der Waals surface area (Å²) in [7, 11) is 1.66. The van der Waals surface area contributed by atoms with E-state index < -0.39 is 0 Å². The average molecular weight is 523 g/mol. The van der Waals surface area contributed by atoms with Crippen LogP contribution >= 0.6 is 0 Å². The van der Waals surface area contributed by atoms with Crippen molar-refractivity contribution in [3.63, 3.8) is 0 Å². The lowest BCUT2D eigenvalue weighted by molar-refractivity contribution is -0.116. The van der Waals surface area contributed by atoms with Gasteiger partial charge in [0.15, 0.2) is 0 Å². The molecule has 208 valence electrons. The van der Waals surface area contributed by atoms with Crippen LogP contribution in [0, 0.1) is 0 Å². The molecule has 2 aromatic carbocycles. The molecule has 7 heteroatoms. The molecule has 2 aromatic rings. The molecule has 3 rings (SSSR count). The molecule has 1 aliphatic rings. The number of ether oxygens (including phenoxy) is 1. The Hall–Kier alpha value is -2.90. The molecule has 0 radical (unpaired) electrons. The molecular formula is C31H46N4O3. The maximum atomic E-state index is 13.2. The third-order valence-electron chi connectivity index (χ3n) is 7.06. The lowest BCUT2D eigenvalue weighted by Gasteiger charge is -2.37. The lowest BCUT2D eigenvalue weighted by Crippen LogP contribution is -2.46. The highest BCUT2D eigenvalue weighted by Crippen LogP contribution is 2.26. The number of hydrogen-bond acceptors (Lipinski definition) is 5. The minimum Gasteiger partial charge on any atom is -0.385 e. The predicted octanol–water partition coefficient (Wildman–Crippen LogP) is 5.46. The van der Waals surface area contributed by atoms with E-state index in [2.05, 4.69) is 51.6 Å². The molecule has 1 fully saturated rings. The van der Waals surface area contributed by atoms with Gasteiger partial charge in [0.25, 0.3) is 5.91 Å². The Morgan fingerprint density at radius 3 is 2.37 bits per heavy atom. The molecule has 0 spiro atoms. The van der Waals surface area contributed by atoms with Crippen molar-refractivity contribution in [2.45, 2.75) is 64.8 Å². The average Bonchev–Trinajstić information content (AvgIpc) is 2.94. The van der Waals surface area contributed by atoms with Crippen molar-refractivity contribution in [1.82, 2.24) is 10.2 Å². The van der Waals surface area contributed by atoms with Crippen molar-refractivity contribution in [3.8, 4) is 0 Å². The second-order valence-electron chi connectivity index (χ2n) is 10.1. The maximum absolute atomic E-state index is 13.2. The topological polar surface area (TPSA) is 73.9 Å². The van der Waals surface area contributed by atoms with Gasteiger partial charge in [0.2, 0.25) is 5.91 Å². The van der Waals surface area contributed by atoms with Crippen molar-refractivity contribution >= 4 is 23.2 Å². The highest BCUT2D eigenvalue weighted by Gasteiger charge is 2.22. The Morgan fingerprint density at radius 2 is 1.63 bits per heavy atom. The van der Waals surface area contributed by atoms with Crippen LogP contribution in [0.4, 0.5) is 11.4 Å². The first kappa shape index (κ1) is 29.7. The fourth-order valence-corrected chi connectivity index (χ4v) is 4.86. The van der Waals surface area contributed by atoms with Crippen LogP contribution in [0.15, 0.2) is 48.5 Å². The molecular weight excluding hydrogens is 476 g/mol. The number of anilines is 2. The summed E-state index contributed by atoms with van der Waals surface area (Å²) in [6.07, 6.45) is 8.15. The van der Waals surface area contributed by atoms with Gasteiger partial charge in [0.05, 0.1) is 5.56 Å².